The monoisotopic (exact) mass is 485 g/mol. The van der Waals surface area contributed by atoms with E-state index in [-0.39, 0.29) is 23.1 Å². The molecular weight excluding hydrogens is 458 g/mol. The Hall–Kier alpha value is -2.75. The number of benzene rings is 1. The third-order valence-electron chi connectivity index (χ3n) is 5.90. The van der Waals surface area contributed by atoms with E-state index >= 15 is 0 Å². The molecule has 0 radical (unpaired) electrons. The number of aromatic nitrogens is 1. The van der Waals surface area contributed by atoms with E-state index in [2.05, 4.69) is 10.5 Å². The van der Waals surface area contributed by atoms with Crippen molar-refractivity contribution in [1.82, 2.24) is 9.46 Å². The Morgan fingerprint density at radius 3 is 2.76 bits per heavy atom. The fraction of sp³-hybridized carbons (Fsp3) is 0.333. The quantitative estimate of drug-likeness (QED) is 0.538. The lowest BCUT2D eigenvalue weighted by Crippen LogP contribution is -2.43. The Labute approximate surface area is 198 Å². The van der Waals surface area contributed by atoms with Crippen molar-refractivity contribution in [3.8, 4) is 0 Å². The molecule has 1 aliphatic rings. The predicted molar refractivity (Wildman–Crippen MR) is 131 cm³/mol. The number of hydrogen-bond acceptors (Lipinski definition) is 6. The summed E-state index contributed by atoms with van der Waals surface area (Å²) < 4.78 is 33.8. The number of rotatable bonds is 6. The molecule has 1 amide bonds. The number of sulfonamides is 1. The molecule has 0 spiro atoms. The van der Waals surface area contributed by atoms with Gasteiger partial charge in [-0.2, -0.15) is 4.31 Å². The second-order valence-electron chi connectivity index (χ2n) is 8.30. The third kappa shape index (κ3) is 5.10. The maximum absolute atomic E-state index is 13.5. The van der Waals surface area contributed by atoms with Crippen LogP contribution in [-0.4, -0.2) is 36.9 Å². The molecule has 3 aromatic rings. The summed E-state index contributed by atoms with van der Waals surface area (Å²) in [5.41, 5.74) is 3.27. The van der Waals surface area contributed by atoms with E-state index in [4.69, 9.17) is 4.52 Å². The van der Waals surface area contributed by atoms with Crippen molar-refractivity contribution >= 4 is 45.1 Å². The number of hydrogen-bond donors (Lipinski definition) is 1. The molecule has 33 heavy (non-hydrogen) atoms. The van der Waals surface area contributed by atoms with Crippen LogP contribution in [0.1, 0.15) is 40.3 Å². The van der Waals surface area contributed by atoms with Crippen molar-refractivity contribution in [1.29, 1.82) is 0 Å². The average molecular weight is 486 g/mol. The van der Waals surface area contributed by atoms with Crippen LogP contribution >= 0.6 is 11.3 Å². The summed E-state index contributed by atoms with van der Waals surface area (Å²) in [6.45, 7) is 6.10. The standard InChI is InChI=1S/C24H27N3O4S2/c1-16-8-9-20(14-17(16)2)25-24(28)19-6-4-12-27(15-19)33(29,30)23-18(3)26-31-22(23)11-10-21-7-5-13-32-21/h5,7-11,13-14,19H,4,6,12,15H2,1-3H3,(H,25,28)/b11-10+/t19-/m1/s1. The van der Waals surface area contributed by atoms with Gasteiger partial charge >= 0.3 is 0 Å². The molecule has 1 saturated heterocycles. The van der Waals surface area contributed by atoms with E-state index in [9.17, 15) is 13.2 Å². The molecule has 174 valence electrons. The molecule has 1 N–H and O–H groups in total. The van der Waals surface area contributed by atoms with Crippen LogP contribution in [0.2, 0.25) is 0 Å². The van der Waals surface area contributed by atoms with Crippen LogP contribution in [0, 0.1) is 26.7 Å². The number of carbonyl (C=O) groups excluding carboxylic acids is 1. The number of thiophene rings is 1. The summed E-state index contributed by atoms with van der Waals surface area (Å²) in [6.07, 6.45) is 4.68. The molecule has 1 aromatic carbocycles. The Morgan fingerprint density at radius 1 is 1.21 bits per heavy atom. The lowest BCUT2D eigenvalue weighted by Gasteiger charge is -2.31. The molecule has 3 heterocycles. The molecule has 1 atom stereocenters. The minimum absolute atomic E-state index is 0.0607. The first kappa shape index (κ1) is 23.4. The van der Waals surface area contributed by atoms with Crippen molar-refractivity contribution in [2.24, 2.45) is 5.92 Å². The van der Waals surface area contributed by atoms with E-state index in [1.54, 1.807) is 30.4 Å². The van der Waals surface area contributed by atoms with Gasteiger partial charge in [0.05, 0.1) is 5.92 Å². The molecule has 0 aliphatic carbocycles. The van der Waals surface area contributed by atoms with Gasteiger partial charge in [0.25, 0.3) is 0 Å². The van der Waals surface area contributed by atoms with Gasteiger partial charge in [-0.15, -0.1) is 11.3 Å². The highest BCUT2D eigenvalue weighted by Gasteiger charge is 2.37. The van der Waals surface area contributed by atoms with Gasteiger partial charge in [0.1, 0.15) is 5.69 Å². The van der Waals surface area contributed by atoms with Crippen LogP contribution in [0.25, 0.3) is 12.2 Å². The Bertz CT molecular complexity index is 1280. The van der Waals surface area contributed by atoms with Crippen LogP contribution in [0.5, 0.6) is 0 Å². The number of amides is 1. The van der Waals surface area contributed by atoms with Crippen molar-refractivity contribution in [2.75, 3.05) is 18.4 Å². The molecule has 1 aliphatic heterocycles. The number of piperidine rings is 1. The number of nitrogens with one attached hydrogen (secondary N) is 1. The Balaban J connectivity index is 1.52. The van der Waals surface area contributed by atoms with Gasteiger partial charge in [-0.05, 0) is 80.5 Å². The van der Waals surface area contributed by atoms with Gasteiger partial charge in [0.2, 0.25) is 15.9 Å². The van der Waals surface area contributed by atoms with Gasteiger partial charge in [-0.1, -0.05) is 17.3 Å². The number of carbonyl (C=O) groups is 1. The first-order valence-electron chi connectivity index (χ1n) is 10.8. The Morgan fingerprint density at radius 2 is 2.03 bits per heavy atom. The van der Waals surface area contributed by atoms with E-state index in [1.807, 2.05) is 49.6 Å². The van der Waals surface area contributed by atoms with Crippen LogP contribution in [0.3, 0.4) is 0 Å². The Kier molecular flexibility index (Phi) is 6.83. The van der Waals surface area contributed by atoms with E-state index in [0.29, 0.717) is 25.1 Å². The minimum atomic E-state index is -3.87. The largest absolute Gasteiger partial charge is 0.355 e. The van der Waals surface area contributed by atoms with Crippen molar-refractivity contribution in [2.45, 2.75) is 38.5 Å². The predicted octanol–water partition coefficient (Wildman–Crippen LogP) is 4.87. The molecule has 0 unspecified atom stereocenters. The molecule has 1 fully saturated rings. The van der Waals surface area contributed by atoms with Crippen LogP contribution in [0.4, 0.5) is 5.69 Å². The zero-order valence-corrected chi connectivity index (χ0v) is 20.5. The van der Waals surface area contributed by atoms with Crippen molar-refractivity contribution in [3.63, 3.8) is 0 Å². The highest BCUT2D eigenvalue weighted by Crippen LogP contribution is 2.30. The van der Waals surface area contributed by atoms with Crippen LogP contribution < -0.4 is 5.32 Å². The fourth-order valence-electron chi connectivity index (χ4n) is 3.91. The van der Waals surface area contributed by atoms with Gasteiger partial charge in [0, 0.05) is 23.7 Å². The van der Waals surface area contributed by atoms with Gasteiger partial charge < -0.3 is 9.84 Å². The summed E-state index contributed by atoms with van der Waals surface area (Å²) in [7, 11) is -3.87. The molecule has 0 saturated carbocycles. The maximum Gasteiger partial charge on any atom is 0.248 e. The van der Waals surface area contributed by atoms with E-state index in [1.165, 1.54) is 4.31 Å². The third-order valence-corrected chi connectivity index (χ3v) is 8.76. The first-order chi connectivity index (χ1) is 15.8. The number of anilines is 1. The van der Waals surface area contributed by atoms with Crippen LogP contribution in [-0.2, 0) is 14.8 Å². The van der Waals surface area contributed by atoms with E-state index in [0.717, 1.165) is 21.7 Å². The zero-order chi connectivity index (χ0) is 23.6. The lowest BCUT2D eigenvalue weighted by atomic mass is 9.98. The van der Waals surface area contributed by atoms with Gasteiger partial charge in [0.15, 0.2) is 10.7 Å². The zero-order valence-electron chi connectivity index (χ0n) is 18.9. The molecule has 9 heteroatoms. The molecular formula is C24H27N3O4S2. The molecule has 7 nitrogen and oxygen atoms in total. The number of aryl methyl sites for hydroxylation is 3. The minimum Gasteiger partial charge on any atom is -0.355 e. The normalized spacial score (nSPS) is 17.5. The molecule has 0 bridgehead atoms. The first-order valence-corrected chi connectivity index (χ1v) is 13.1. The molecule has 4 rings (SSSR count). The second kappa shape index (κ2) is 9.62. The van der Waals surface area contributed by atoms with Crippen molar-refractivity contribution in [3.05, 3.63) is 63.2 Å². The highest BCUT2D eigenvalue weighted by atomic mass is 32.2. The maximum atomic E-state index is 13.5. The summed E-state index contributed by atoms with van der Waals surface area (Å²) in [5, 5.41) is 8.78. The summed E-state index contributed by atoms with van der Waals surface area (Å²) in [5.74, 6) is -0.402. The van der Waals surface area contributed by atoms with Crippen molar-refractivity contribution < 1.29 is 17.7 Å². The van der Waals surface area contributed by atoms with Gasteiger partial charge in [-0.25, -0.2) is 8.42 Å². The number of nitrogens with zero attached hydrogens (tertiary/aromatic N) is 2. The fourth-order valence-corrected chi connectivity index (χ4v) is 6.30. The lowest BCUT2D eigenvalue weighted by molar-refractivity contribution is -0.120. The smallest absolute Gasteiger partial charge is 0.248 e. The highest BCUT2D eigenvalue weighted by molar-refractivity contribution is 7.89. The molecule has 2 aromatic heterocycles. The summed E-state index contributed by atoms with van der Waals surface area (Å²) in [6, 6.07) is 9.61. The van der Waals surface area contributed by atoms with E-state index < -0.39 is 15.9 Å². The summed E-state index contributed by atoms with van der Waals surface area (Å²) in [4.78, 5) is 14.0. The average Bonchev–Trinajstić information content (AvgIpc) is 3.44. The second-order valence-corrected chi connectivity index (χ2v) is 11.2. The SMILES string of the molecule is Cc1ccc(NC(=O)[C@@H]2CCCN(S(=O)(=O)c3c(C)noc3/C=C/c3cccs3)C2)cc1C. The topological polar surface area (TPSA) is 92.5 Å². The van der Waals surface area contributed by atoms with Gasteiger partial charge in [-0.3, -0.25) is 4.79 Å². The summed E-state index contributed by atoms with van der Waals surface area (Å²) >= 11 is 1.54. The van der Waals surface area contributed by atoms with Crippen LogP contribution in [0.15, 0.2) is 45.1 Å².